The first kappa shape index (κ1) is 3.83. The molecule has 0 saturated carbocycles. The Labute approximate surface area is 47.4 Å². The van der Waals surface area contributed by atoms with Crippen LogP contribution in [0, 0.1) is 0 Å². The van der Waals surface area contributed by atoms with E-state index in [9.17, 15) is 0 Å². The Bertz CT molecular complexity index is 172. The van der Waals surface area contributed by atoms with Crippen molar-refractivity contribution in [3.8, 4) is 0 Å². The molecule has 0 amide bonds. The van der Waals surface area contributed by atoms with Crippen molar-refractivity contribution < 1.29 is 0 Å². The first-order valence-corrected chi connectivity index (χ1v) is 2.57. The van der Waals surface area contributed by atoms with Gasteiger partial charge in [0.1, 0.15) is 5.82 Å². The molecule has 3 aliphatic heterocycles. The average molecular weight is 109 g/mol. The fraction of sp³-hybridized carbons (Fsp3) is 0.200. The SMILES string of the molecule is NC1=CC=C2CN1N2. The third-order valence-electron chi connectivity index (χ3n) is 1.37. The van der Waals surface area contributed by atoms with E-state index in [4.69, 9.17) is 5.73 Å². The molecule has 0 spiro atoms. The minimum absolute atomic E-state index is 0.806. The summed E-state index contributed by atoms with van der Waals surface area (Å²) in [6.07, 6.45) is 3.89. The van der Waals surface area contributed by atoms with E-state index in [1.165, 1.54) is 5.70 Å². The molecule has 0 radical (unpaired) electrons. The summed E-state index contributed by atoms with van der Waals surface area (Å²) in [5.41, 5.74) is 9.78. The smallest absolute Gasteiger partial charge is 0.118 e. The van der Waals surface area contributed by atoms with Gasteiger partial charge in [-0.05, 0) is 12.2 Å². The van der Waals surface area contributed by atoms with Crippen LogP contribution in [0.2, 0.25) is 0 Å². The normalized spacial score (nSPS) is 22.8. The number of fused-ring (bicyclic) bond motifs is 1. The van der Waals surface area contributed by atoms with Crippen molar-refractivity contribution in [1.29, 1.82) is 0 Å². The lowest BCUT2D eigenvalue weighted by molar-refractivity contribution is 0.197. The van der Waals surface area contributed by atoms with Crippen LogP contribution in [-0.2, 0) is 0 Å². The summed E-state index contributed by atoms with van der Waals surface area (Å²) in [6, 6.07) is 0. The molecule has 2 bridgehead atoms. The second-order valence-corrected chi connectivity index (χ2v) is 1.98. The summed E-state index contributed by atoms with van der Waals surface area (Å²) in [6.45, 7) is 0.961. The molecule has 0 aliphatic carbocycles. The highest BCUT2D eigenvalue weighted by molar-refractivity contribution is 5.27. The summed E-state index contributed by atoms with van der Waals surface area (Å²) in [5.74, 6) is 0.806. The maximum Gasteiger partial charge on any atom is 0.118 e. The van der Waals surface area contributed by atoms with Crippen LogP contribution in [0.15, 0.2) is 23.7 Å². The minimum atomic E-state index is 0.806. The summed E-state index contributed by atoms with van der Waals surface area (Å²) < 4.78 is 0. The molecule has 3 nitrogen and oxygen atoms in total. The van der Waals surface area contributed by atoms with Crippen molar-refractivity contribution in [2.24, 2.45) is 5.73 Å². The second kappa shape index (κ2) is 0.992. The second-order valence-electron chi connectivity index (χ2n) is 1.98. The Hall–Kier alpha value is -1.12. The molecular formula is C5H7N3. The third kappa shape index (κ3) is 0.291. The van der Waals surface area contributed by atoms with E-state index in [1.807, 2.05) is 17.2 Å². The molecule has 3 aliphatic rings. The monoisotopic (exact) mass is 109 g/mol. The fourth-order valence-electron chi connectivity index (χ4n) is 0.849. The number of allylic oxidation sites excluding steroid dienone is 2. The highest BCUT2D eigenvalue weighted by Crippen LogP contribution is 2.15. The lowest BCUT2D eigenvalue weighted by Gasteiger charge is -2.39. The predicted octanol–water partition coefficient (Wildman–Crippen LogP) is -0.496. The van der Waals surface area contributed by atoms with Crippen molar-refractivity contribution in [3.63, 3.8) is 0 Å². The van der Waals surface area contributed by atoms with Gasteiger partial charge in [-0.25, -0.2) is 0 Å². The summed E-state index contributed by atoms with van der Waals surface area (Å²) in [7, 11) is 0. The van der Waals surface area contributed by atoms with Gasteiger partial charge in [0.05, 0.1) is 12.2 Å². The molecule has 0 unspecified atom stereocenters. The Morgan fingerprint density at radius 3 is 2.62 bits per heavy atom. The number of hydrogen-bond acceptors (Lipinski definition) is 3. The van der Waals surface area contributed by atoms with Gasteiger partial charge in [-0.1, -0.05) is 0 Å². The number of hydrogen-bond donors (Lipinski definition) is 2. The van der Waals surface area contributed by atoms with Gasteiger partial charge in [-0.3, -0.25) is 10.4 Å². The molecule has 1 fully saturated rings. The molecular weight excluding hydrogens is 102 g/mol. The van der Waals surface area contributed by atoms with Gasteiger partial charge in [-0.2, -0.15) is 0 Å². The third-order valence-corrected chi connectivity index (χ3v) is 1.37. The van der Waals surface area contributed by atoms with Crippen molar-refractivity contribution in [2.45, 2.75) is 0 Å². The first-order valence-electron chi connectivity index (χ1n) is 2.57. The zero-order chi connectivity index (χ0) is 5.56. The molecule has 0 aromatic carbocycles. The Kier molecular flexibility index (Phi) is 0.475. The van der Waals surface area contributed by atoms with Crippen molar-refractivity contribution in [1.82, 2.24) is 10.4 Å². The van der Waals surface area contributed by atoms with E-state index in [0.717, 1.165) is 12.4 Å². The number of nitrogens with one attached hydrogen (secondary N) is 1. The van der Waals surface area contributed by atoms with Crippen LogP contribution in [0.25, 0.3) is 0 Å². The molecule has 3 rings (SSSR count). The van der Waals surface area contributed by atoms with Gasteiger partial charge < -0.3 is 5.73 Å². The van der Waals surface area contributed by atoms with E-state index in [0.29, 0.717) is 0 Å². The van der Waals surface area contributed by atoms with Gasteiger partial charge in [0.2, 0.25) is 0 Å². The minimum Gasteiger partial charge on any atom is -0.384 e. The van der Waals surface area contributed by atoms with Crippen LogP contribution >= 0.6 is 0 Å². The van der Waals surface area contributed by atoms with Crippen LogP contribution in [0.4, 0.5) is 0 Å². The largest absolute Gasteiger partial charge is 0.384 e. The molecule has 42 valence electrons. The number of rotatable bonds is 0. The number of nitrogens with zero attached hydrogens (tertiary/aromatic N) is 1. The summed E-state index contributed by atoms with van der Waals surface area (Å²) in [5, 5.41) is 1.90. The molecule has 3 N–H and O–H groups in total. The first-order chi connectivity index (χ1) is 3.86. The number of nitrogens with two attached hydrogens (primary N) is 1. The van der Waals surface area contributed by atoms with Gasteiger partial charge in [0.25, 0.3) is 0 Å². The highest BCUT2D eigenvalue weighted by Gasteiger charge is 2.22. The van der Waals surface area contributed by atoms with Gasteiger partial charge in [0.15, 0.2) is 0 Å². The molecule has 0 aromatic heterocycles. The topological polar surface area (TPSA) is 41.3 Å². The lowest BCUT2D eigenvalue weighted by atomic mass is 10.2. The lowest BCUT2D eigenvalue weighted by Crippen LogP contribution is -2.54. The fourth-order valence-corrected chi connectivity index (χ4v) is 0.849. The van der Waals surface area contributed by atoms with Gasteiger partial charge in [-0.15, -0.1) is 0 Å². The standard InChI is InChI=1S/C5H7N3/c6-5-2-1-4-3-8(5)7-4/h1-2,7H,3,6H2. The zero-order valence-electron chi connectivity index (χ0n) is 4.39. The van der Waals surface area contributed by atoms with Crippen molar-refractivity contribution in [3.05, 3.63) is 23.7 Å². The Morgan fingerprint density at radius 1 is 1.62 bits per heavy atom. The molecule has 0 aromatic rings. The summed E-state index contributed by atoms with van der Waals surface area (Å²) in [4.78, 5) is 0. The van der Waals surface area contributed by atoms with Crippen LogP contribution in [-0.4, -0.2) is 11.6 Å². The van der Waals surface area contributed by atoms with E-state index in [-0.39, 0.29) is 0 Å². The van der Waals surface area contributed by atoms with E-state index < -0.39 is 0 Å². The van der Waals surface area contributed by atoms with E-state index >= 15 is 0 Å². The maximum absolute atomic E-state index is 5.50. The molecule has 1 saturated heterocycles. The molecule has 8 heavy (non-hydrogen) atoms. The molecule has 0 atom stereocenters. The average Bonchev–Trinajstić information content (AvgIpc) is 1.62. The van der Waals surface area contributed by atoms with E-state index in [2.05, 4.69) is 5.43 Å². The Morgan fingerprint density at radius 2 is 2.38 bits per heavy atom. The van der Waals surface area contributed by atoms with Crippen molar-refractivity contribution >= 4 is 0 Å². The van der Waals surface area contributed by atoms with Crippen LogP contribution in [0.5, 0.6) is 0 Å². The van der Waals surface area contributed by atoms with Gasteiger partial charge in [0, 0.05) is 0 Å². The van der Waals surface area contributed by atoms with Crippen LogP contribution < -0.4 is 11.2 Å². The maximum atomic E-state index is 5.50. The van der Waals surface area contributed by atoms with Crippen molar-refractivity contribution in [2.75, 3.05) is 6.54 Å². The van der Waals surface area contributed by atoms with Crippen LogP contribution in [0.3, 0.4) is 0 Å². The van der Waals surface area contributed by atoms with E-state index in [1.54, 1.807) is 0 Å². The molecule has 3 heteroatoms. The predicted molar refractivity (Wildman–Crippen MR) is 30.2 cm³/mol. The zero-order valence-corrected chi connectivity index (χ0v) is 4.39. The molecule has 3 heterocycles. The van der Waals surface area contributed by atoms with Crippen LogP contribution in [0.1, 0.15) is 0 Å². The summed E-state index contributed by atoms with van der Waals surface area (Å²) >= 11 is 0. The quantitative estimate of drug-likeness (QED) is 0.441. The Balaban J connectivity index is 2.36. The van der Waals surface area contributed by atoms with Gasteiger partial charge >= 0.3 is 0 Å². The highest BCUT2D eigenvalue weighted by atomic mass is 15.6. The number of hydrazine groups is 1.